The van der Waals surface area contributed by atoms with Gasteiger partial charge in [0.05, 0.1) is 13.2 Å². The normalized spacial score (nSPS) is 18.6. The standard InChI is InChI=1S/C19H31N3O3/c1-5-25-15(2)19(23)20-18(14-22-12-10-21(3)11-13-22)16-6-8-17(24-4)9-7-16/h6-9,15,18H,5,10-14H2,1-4H3,(H,20,23). The molecule has 140 valence electrons. The number of ether oxygens (including phenoxy) is 2. The maximum Gasteiger partial charge on any atom is 0.249 e. The number of rotatable bonds is 8. The highest BCUT2D eigenvalue weighted by Gasteiger charge is 2.23. The third-order valence-electron chi connectivity index (χ3n) is 4.66. The molecule has 1 saturated heterocycles. The third-order valence-corrected chi connectivity index (χ3v) is 4.66. The van der Waals surface area contributed by atoms with Crippen molar-refractivity contribution in [2.75, 3.05) is 53.5 Å². The summed E-state index contributed by atoms with van der Waals surface area (Å²) in [7, 11) is 3.80. The smallest absolute Gasteiger partial charge is 0.249 e. The van der Waals surface area contributed by atoms with E-state index in [1.807, 2.05) is 31.2 Å². The number of likely N-dealkylation sites (N-methyl/N-ethyl adjacent to an activating group) is 1. The van der Waals surface area contributed by atoms with Gasteiger partial charge in [0.15, 0.2) is 0 Å². The first-order chi connectivity index (χ1) is 12.0. The maximum absolute atomic E-state index is 12.4. The van der Waals surface area contributed by atoms with E-state index in [2.05, 4.69) is 22.2 Å². The Morgan fingerprint density at radius 1 is 1.20 bits per heavy atom. The fourth-order valence-corrected chi connectivity index (χ4v) is 2.97. The molecule has 0 bridgehead atoms. The number of nitrogens with zero attached hydrogens (tertiary/aromatic N) is 2. The number of hydrogen-bond acceptors (Lipinski definition) is 5. The number of piperazine rings is 1. The molecular weight excluding hydrogens is 318 g/mol. The first-order valence-corrected chi connectivity index (χ1v) is 9.00. The molecule has 6 heteroatoms. The van der Waals surface area contributed by atoms with Crippen LogP contribution in [-0.2, 0) is 9.53 Å². The highest BCUT2D eigenvalue weighted by molar-refractivity contribution is 5.80. The van der Waals surface area contributed by atoms with E-state index < -0.39 is 6.10 Å². The van der Waals surface area contributed by atoms with Gasteiger partial charge in [-0.2, -0.15) is 0 Å². The molecule has 1 aliphatic heterocycles. The molecule has 1 aromatic carbocycles. The van der Waals surface area contributed by atoms with Gasteiger partial charge in [-0.15, -0.1) is 0 Å². The summed E-state index contributed by atoms with van der Waals surface area (Å²) < 4.78 is 10.7. The minimum Gasteiger partial charge on any atom is -0.497 e. The number of benzene rings is 1. The van der Waals surface area contributed by atoms with Crippen LogP contribution < -0.4 is 10.1 Å². The summed E-state index contributed by atoms with van der Waals surface area (Å²) in [6.07, 6.45) is -0.446. The molecule has 1 N–H and O–H groups in total. The maximum atomic E-state index is 12.4. The van der Waals surface area contributed by atoms with Crippen molar-refractivity contribution in [3.05, 3.63) is 29.8 Å². The molecule has 2 unspecified atom stereocenters. The average molecular weight is 349 g/mol. The molecule has 0 radical (unpaired) electrons. The Hall–Kier alpha value is -1.63. The molecule has 0 saturated carbocycles. The van der Waals surface area contributed by atoms with E-state index in [1.165, 1.54) is 0 Å². The molecule has 1 fully saturated rings. The van der Waals surface area contributed by atoms with Crippen molar-refractivity contribution in [2.24, 2.45) is 0 Å². The number of carbonyl (C=O) groups excluding carboxylic acids is 1. The van der Waals surface area contributed by atoms with Gasteiger partial charge >= 0.3 is 0 Å². The van der Waals surface area contributed by atoms with Crippen LogP contribution in [0.3, 0.4) is 0 Å². The number of amides is 1. The van der Waals surface area contributed by atoms with Crippen molar-refractivity contribution >= 4 is 5.91 Å². The second-order valence-electron chi connectivity index (χ2n) is 6.54. The van der Waals surface area contributed by atoms with Gasteiger partial charge in [-0.05, 0) is 38.6 Å². The zero-order valence-corrected chi connectivity index (χ0v) is 15.8. The lowest BCUT2D eigenvalue weighted by Gasteiger charge is -2.35. The molecule has 0 spiro atoms. The van der Waals surface area contributed by atoms with Crippen LogP contribution in [0, 0.1) is 0 Å². The zero-order chi connectivity index (χ0) is 18.2. The summed E-state index contributed by atoms with van der Waals surface area (Å²) in [4.78, 5) is 17.2. The van der Waals surface area contributed by atoms with Crippen molar-refractivity contribution in [3.63, 3.8) is 0 Å². The molecule has 1 heterocycles. The molecule has 0 aromatic heterocycles. The highest BCUT2D eigenvalue weighted by Crippen LogP contribution is 2.20. The van der Waals surface area contributed by atoms with Gasteiger partial charge in [-0.1, -0.05) is 12.1 Å². The minimum absolute atomic E-state index is 0.0651. The van der Waals surface area contributed by atoms with Gasteiger partial charge in [-0.3, -0.25) is 9.69 Å². The first kappa shape index (κ1) is 19.7. The number of nitrogens with one attached hydrogen (secondary N) is 1. The molecule has 1 amide bonds. The van der Waals surface area contributed by atoms with Crippen LogP contribution in [-0.4, -0.2) is 75.3 Å². The van der Waals surface area contributed by atoms with Gasteiger partial charge in [0.1, 0.15) is 11.9 Å². The summed E-state index contributed by atoms with van der Waals surface area (Å²) in [5.41, 5.74) is 1.08. The summed E-state index contributed by atoms with van der Waals surface area (Å²) in [5, 5.41) is 3.15. The highest BCUT2D eigenvalue weighted by atomic mass is 16.5. The predicted molar refractivity (Wildman–Crippen MR) is 98.9 cm³/mol. The second-order valence-corrected chi connectivity index (χ2v) is 6.54. The molecule has 25 heavy (non-hydrogen) atoms. The molecule has 1 aromatic rings. The van der Waals surface area contributed by atoms with E-state index in [-0.39, 0.29) is 11.9 Å². The van der Waals surface area contributed by atoms with Gasteiger partial charge in [0.25, 0.3) is 0 Å². The summed E-state index contributed by atoms with van der Waals surface area (Å²) >= 11 is 0. The van der Waals surface area contributed by atoms with Crippen molar-refractivity contribution in [1.29, 1.82) is 0 Å². The number of methoxy groups -OCH3 is 1. The van der Waals surface area contributed by atoms with Gasteiger partial charge in [-0.25, -0.2) is 0 Å². The molecule has 6 nitrogen and oxygen atoms in total. The average Bonchev–Trinajstić information content (AvgIpc) is 2.63. The monoisotopic (exact) mass is 349 g/mol. The van der Waals surface area contributed by atoms with E-state index in [9.17, 15) is 4.79 Å². The predicted octanol–water partition coefficient (Wildman–Crippen LogP) is 1.52. The Morgan fingerprint density at radius 3 is 2.40 bits per heavy atom. The van der Waals surface area contributed by atoms with Crippen LogP contribution in [0.5, 0.6) is 5.75 Å². The fourth-order valence-electron chi connectivity index (χ4n) is 2.97. The minimum atomic E-state index is -0.446. The summed E-state index contributed by atoms with van der Waals surface area (Å²) in [6, 6.07) is 7.84. The van der Waals surface area contributed by atoms with Crippen molar-refractivity contribution < 1.29 is 14.3 Å². The fraction of sp³-hybridized carbons (Fsp3) is 0.632. The topological polar surface area (TPSA) is 54.0 Å². The van der Waals surface area contributed by atoms with Crippen LogP contribution in [0.2, 0.25) is 0 Å². The summed E-state index contributed by atoms with van der Waals surface area (Å²) in [5.74, 6) is 0.743. The van der Waals surface area contributed by atoms with E-state index in [4.69, 9.17) is 9.47 Å². The lowest BCUT2D eigenvalue weighted by atomic mass is 10.0. The van der Waals surface area contributed by atoms with E-state index in [0.717, 1.165) is 44.0 Å². The summed E-state index contributed by atoms with van der Waals surface area (Å²) in [6.45, 7) is 9.15. The van der Waals surface area contributed by atoms with Gasteiger partial charge in [0, 0.05) is 39.3 Å². The largest absolute Gasteiger partial charge is 0.497 e. The molecule has 1 aliphatic rings. The van der Waals surface area contributed by atoms with Crippen LogP contribution >= 0.6 is 0 Å². The second kappa shape index (κ2) is 9.75. The van der Waals surface area contributed by atoms with Crippen molar-refractivity contribution in [1.82, 2.24) is 15.1 Å². The molecule has 2 rings (SSSR count). The van der Waals surface area contributed by atoms with Crippen LogP contribution in [0.1, 0.15) is 25.5 Å². The van der Waals surface area contributed by atoms with Crippen LogP contribution in [0.25, 0.3) is 0 Å². The lowest BCUT2D eigenvalue weighted by Crippen LogP contribution is -2.48. The quantitative estimate of drug-likeness (QED) is 0.771. The van der Waals surface area contributed by atoms with Crippen LogP contribution in [0.15, 0.2) is 24.3 Å². The Morgan fingerprint density at radius 2 is 1.84 bits per heavy atom. The van der Waals surface area contributed by atoms with E-state index in [1.54, 1.807) is 14.0 Å². The Labute approximate surface area is 151 Å². The Bertz CT molecular complexity index is 527. The van der Waals surface area contributed by atoms with Crippen LogP contribution in [0.4, 0.5) is 0 Å². The number of hydrogen-bond donors (Lipinski definition) is 1. The Kier molecular flexibility index (Phi) is 7.68. The molecule has 0 aliphatic carbocycles. The SMILES string of the molecule is CCOC(C)C(=O)NC(CN1CCN(C)CC1)c1ccc(OC)cc1. The third kappa shape index (κ3) is 5.99. The molecule has 2 atom stereocenters. The van der Waals surface area contributed by atoms with Crippen molar-refractivity contribution in [2.45, 2.75) is 26.0 Å². The zero-order valence-electron chi connectivity index (χ0n) is 15.8. The van der Waals surface area contributed by atoms with E-state index >= 15 is 0 Å². The lowest BCUT2D eigenvalue weighted by molar-refractivity contribution is -0.132. The van der Waals surface area contributed by atoms with Crippen molar-refractivity contribution in [3.8, 4) is 5.75 Å². The molecular formula is C19H31N3O3. The van der Waals surface area contributed by atoms with Gasteiger partial charge < -0.3 is 19.7 Å². The van der Waals surface area contributed by atoms with Gasteiger partial charge in [0.2, 0.25) is 5.91 Å². The Balaban J connectivity index is 2.08. The first-order valence-electron chi connectivity index (χ1n) is 9.00. The van der Waals surface area contributed by atoms with E-state index in [0.29, 0.717) is 6.61 Å². The number of carbonyl (C=O) groups is 1.